The van der Waals surface area contributed by atoms with Gasteiger partial charge in [0.05, 0.1) is 27.8 Å². The number of hydrogen-bond acceptors (Lipinski definition) is 4. The molecule has 6 nitrogen and oxygen atoms in total. The Kier molecular flexibility index (Phi) is 10.9. The predicted molar refractivity (Wildman–Crippen MR) is 328 cm³/mol. The first kappa shape index (κ1) is 45.1. The Hall–Kier alpha value is -8.09. The molecule has 0 aliphatic heterocycles. The Labute approximate surface area is 426 Å². The Morgan fingerprint density at radius 3 is 1.57 bits per heavy atom. The van der Waals surface area contributed by atoms with Crippen LogP contribution in [0, 0.1) is 6.92 Å². The van der Waals surface area contributed by atoms with Crippen LogP contribution in [0.15, 0.2) is 164 Å². The standard InChI is InChI=1S/C58H47B8N5O/c1-29-45(59)44(48(62)50(64)46(29)60)39-25-24-32(43-47(61)51(65)52(66)55(72)49(43)63)28-42(39)70-40-22-12-10-19-34(40)36-26-27-37-35-20-11-13-23-41(35)71(54(37)53(36)70)58-68-56(31-16-6-3-7-17-31)67-57(69-58)38-21-9-8-18-33(38)30-14-4-2-5-15-30/h2-28,72H,59-66H2,1H3. The topological polar surface area (TPSA) is 68.8 Å². The molecule has 3 heterocycles. The lowest BCUT2D eigenvalue weighted by Gasteiger charge is -2.25. The summed E-state index contributed by atoms with van der Waals surface area (Å²) in [5.41, 5.74) is 24.1. The van der Waals surface area contributed by atoms with Crippen molar-refractivity contribution in [2.24, 2.45) is 0 Å². The maximum atomic E-state index is 11.6. The normalized spacial score (nSPS) is 11.6. The van der Waals surface area contributed by atoms with E-state index in [1.165, 1.54) is 33.0 Å². The van der Waals surface area contributed by atoms with Crippen molar-refractivity contribution in [3.05, 3.63) is 169 Å². The Morgan fingerprint density at radius 2 is 0.903 bits per heavy atom. The van der Waals surface area contributed by atoms with E-state index in [0.717, 1.165) is 110 Å². The van der Waals surface area contributed by atoms with Gasteiger partial charge in [0.2, 0.25) is 5.95 Å². The van der Waals surface area contributed by atoms with Crippen molar-refractivity contribution >= 4 is 150 Å². The monoisotopic (exact) mass is 917 g/mol. The number of rotatable bonds is 7. The fourth-order valence-corrected chi connectivity index (χ4v) is 11.6. The third kappa shape index (κ3) is 6.87. The van der Waals surface area contributed by atoms with E-state index in [0.29, 0.717) is 23.3 Å². The third-order valence-corrected chi connectivity index (χ3v) is 16.0. The van der Waals surface area contributed by atoms with E-state index in [-0.39, 0.29) is 0 Å². The Morgan fingerprint density at radius 1 is 0.375 bits per heavy atom. The molecule has 0 spiro atoms. The summed E-state index contributed by atoms with van der Waals surface area (Å²) in [5, 5.41) is 16.1. The maximum Gasteiger partial charge on any atom is 0.238 e. The van der Waals surface area contributed by atoms with Crippen LogP contribution in [-0.4, -0.2) is 92.0 Å². The first-order valence-corrected chi connectivity index (χ1v) is 24.9. The van der Waals surface area contributed by atoms with Crippen molar-refractivity contribution in [3.63, 3.8) is 0 Å². The van der Waals surface area contributed by atoms with Crippen molar-refractivity contribution in [3.8, 4) is 73.5 Å². The highest BCUT2D eigenvalue weighted by atomic mass is 16.3. The fourth-order valence-electron chi connectivity index (χ4n) is 11.6. The molecule has 0 unspecified atom stereocenters. The molecular weight excluding hydrogens is 869 g/mol. The smallest absolute Gasteiger partial charge is 0.238 e. The molecule has 334 valence electrons. The summed E-state index contributed by atoms with van der Waals surface area (Å²) >= 11 is 0. The van der Waals surface area contributed by atoms with Gasteiger partial charge < -0.3 is 9.67 Å². The Bertz CT molecular complexity index is 4170. The van der Waals surface area contributed by atoms with Crippen molar-refractivity contribution < 1.29 is 5.11 Å². The van der Waals surface area contributed by atoms with Gasteiger partial charge in [-0.25, -0.2) is 4.98 Å². The number of benzene rings is 9. The van der Waals surface area contributed by atoms with Crippen LogP contribution in [0.2, 0.25) is 0 Å². The molecular formula is C58H47B8N5O. The van der Waals surface area contributed by atoms with E-state index in [1.54, 1.807) is 0 Å². The molecule has 14 heteroatoms. The van der Waals surface area contributed by atoms with Crippen LogP contribution >= 0.6 is 0 Å². The van der Waals surface area contributed by atoms with Crippen LogP contribution in [-0.2, 0) is 0 Å². The highest BCUT2D eigenvalue weighted by Gasteiger charge is 2.27. The summed E-state index contributed by atoms with van der Waals surface area (Å²) in [6.07, 6.45) is 0. The molecule has 0 amide bonds. The highest BCUT2D eigenvalue weighted by molar-refractivity contribution is 6.63. The number of aromatic hydroxyl groups is 1. The predicted octanol–water partition coefficient (Wildman–Crippen LogP) is 0.482. The first-order chi connectivity index (χ1) is 34.9. The number of hydrogen-bond donors (Lipinski definition) is 1. The number of fused-ring (bicyclic) bond motifs is 7. The zero-order chi connectivity index (χ0) is 49.7. The second-order valence-electron chi connectivity index (χ2n) is 19.6. The van der Waals surface area contributed by atoms with E-state index in [1.807, 2.05) is 40.0 Å². The summed E-state index contributed by atoms with van der Waals surface area (Å²) < 4.78 is 4.78. The zero-order valence-corrected chi connectivity index (χ0v) is 42.3. The van der Waals surface area contributed by atoms with Crippen LogP contribution in [0.25, 0.3) is 111 Å². The molecule has 0 bridgehead atoms. The molecule has 0 saturated heterocycles. The zero-order valence-electron chi connectivity index (χ0n) is 42.3. The van der Waals surface area contributed by atoms with Crippen LogP contribution < -0.4 is 43.7 Å². The number of nitrogens with zero attached hydrogens (tertiary/aromatic N) is 5. The highest BCUT2D eigenvalue weighted by Crippen LogP contribution is 2.44. The molecule has 9 aromatic carbocycles. The SMILES string of the molecule is Bc1c(B)c(O)c(B)c(-c2ccc(-c3c(B)c(B)c(B)c(C)c3B)c(-n3c4ccccc4c4ccc5c6ccccc6n(-c6nc(-c7ccccc7)nc(-c7ccccc7-c7ccccc7)n6)c5c43)c2)c1B. The average molecular weight is 917 g/mol. The third-order valence-electron chi connectivity index (χ3n) is 16.0. The van der Waals surface area contributed by atoms with E-state index in [4.69, 9.17) is 15.0 Å². The number of para-hydroxylation sites is 2. The van der Waals surface area contributed by atoms with Crippen LogP contribution in [0.5, 0.6) is 5.75 Å². The largest absolute Gasteiger partial charge is 0.509 e. The summed E-state index contributed by atoms with van der Waals surface area (Å²) in [7, 11) is 17.4. The van der Waals surface area contributed by atoms with E-state index in [2.05, 4.69) is 203 Å². The quantitative estimate of drug-likeness (QED) is 0.237. The van der Waals surface area contributed by atoms with Gasteiger partial charge in [0.15, 0.2) is 11.6 Å². The van der Waals surface area contributed by atoms with E-state index >= 15 is 0 Å². The van der Waals surface area contributed by atoms with Crippen molar-refractivity contribution in [2.75, 3.05) is 0 Å². The number of phenolic OH excluding ortho intramolecular Hbond substituents is 1. The molecule has 72 heavy (non-hydrogen) atoms. The summed E-state index contributed by atoms with van der Waals surface area (Å²) in [4.78, 5) is 16.3. The van der Waals surface area contributed by atoms with Gasteiger partial charge in [-0.15, -0.1) is 5.46 Å². The summed E-state index contributed by atoms with van der Waals surface area (Å²) in [6.45, 7) is 2.26. The lowest BCUT2D eigenvalue weighted by atomic mass is 9.63. The summed E-state index contributed by atoms with van der Waals surface area (Å²) in [6, 6.07) is 58.0. The molecule has 0 aliphatic carbocycles. The van der Waals surface area contributed by atoms with Gasteiger partial charge in [-0.3, -0.25) is 4.57 Å². The molecule has 0 saturated carbocycles. The minimum absolute atomic E-state index is 0.344. The van der Waals surface area contributed by atoms with Crippen LogP contribution in [0.3, 0.4) is 0 Å². The minimum Gasteiger partial charge on any atom is -0.509 e. The van der Waals surface area contributed by atoms with E-state index in [9.17, 15) is 5.11 Å². The molecule has 0 atom stereocenters. The molecule has 0 radical (unpaired) electrons. The van der Waals surface area contributed by atoms with Crippen molar-refractivity contribution in [2.45, 2.75) is 6.92 Å². The molecule has 12 aromatic rings. The van der Waals surface area contributed by atoms with Gasteiger partial charge in [0.1, 0.15) is 68.5 Å². The Balaban J connectivity index is 1.26. The van der Waals surface area contributed by atoms with Gasteiger partial charge in [-0.2, -0.15) is 9.97 Å². The lowest BCUT2D eigenvalue weighted by Crippen LogP contribution is -2.46. The van der Waals surface area contributed by atoms with Crippen molar-refractivity contribution in [1.82, 2.24) is 24.1 Å². The lowest BCUT2D eigenvalue weighted by molar-refractivity contribution is 0.484. The molecule has 3 aromatic heterocycles. The van der Waals surface area contributed by atoms with E-state index < -0.39 is 0 Å². The van der Waals surface area contributed by atoms with Gasteiger partial charge >= 0.3 is 0 Å². The molecule has 0 aliphatic rings. The van der Waals surface area contributed by atoms with Gasteiger partial charge in [0.25, 0.3) is 0 Å². The van der Waals surface area contributed by atoms with Crippen LogP contribution in [0.4, 0.5) is 0 Å². The number of aromatic nitrogens is 5. The first-order valence-electron chi connectivity index (χ1n) is 24.9. The molecule has 0 fully saturated rings. The maximum absolute atomic E-state index is 11.6. The van der Waals surface area contributed by atoms with Gasteiger partial charge in [-0.1, -0.05) is 184 Å². The van der Waals surface area contributed by atoms with Gasteiger partial charge in [-0.05, 0) is 58.4 Å². The van der Waals surface area contributed by atoms with Gasteiger partial charge in [0, 0.05) is 38.2 Å². The second-order valence-corrected chi connectivity index (χ2v) is 19.6. The van der Waals surface area contributed by atoms with Crippen molar-refractivity contribution in [1.29, 1.82) is 0 Å². The fraction of sp³-hybridized carbons (Fsp3) is 0.0172. The number of phenols is 1. The average Bonchev–Trinajstić information content (AvgIpc) is 3.95. The minimum atomic E-state index is 0.344. The second kappa shape index (κ2) is 17.3. The molecule has 12 rings (SSSR count). The van der Waals surface area contributed by atoms with Crippen LogP contribution in [0.1, 0.15) is 5.56 Å². The molecule has 1 N–H and O–H groups in total. The summed E-state index contributed by atoms with van der Waals surface area (Å²) in [5.74, 6) is 2.05.